The average molecular weight is 255 g/mol. The highest BCUT2D eigenvalue weighted by Crippen LogP contribution is 2.23. The highest BCUT2D eigenvalue weighted by atomic mass is 79.9. The molecule has 2 amide bonds. The summed E-state index contributed by atoms with van der Waals surface area (Å²) in [5, 5.41) is 2.78. The van der Waals surface area contributed by atoms with Gasteiger partial charge in [-0.05, 0) is 30.7 Å². The summed E-state index contributed by atoms with van der Waals surface area (Å²) in [4.78, 5) is 13.1. The first-order valence-corrected chi connectivity index (χ1v) is 5.29. The van der Waals surface area contributed by atoms with Crippen LogP contribution < -0.4 is 10.2 Å². The smallest absolute Gasteiger partial charge is 0.321 e. The van der Waals surface area contributed by atoms with Crippen LogP contribution in [0.15, 0.2) is 22.7 Å². The number of anilines is 1. The van der Waals surface area contributed by atoms with Crippen LogP contribution in [-0.4, -0.2) is 19.1 Å². The van der Waals surface area contributed by atoms with Crippen molar-refractivity contribution in [2.45, 2.75) is 6.92 Å². The zero-order valence-electron chi connectivity index (χ0n) is 7.88. The highest BCUT2D eigenvalue weighted by Gasteiger charge is 2.20. The zero-order valence-corrected chi connectivity index (χ0v) is 9.47. The first-order valence-electron chi connectivity index (χ1n) is 4.50. The molecule has 1 fully saturated rings. The first-order chi connectivity index (χ1) is 6.68. The summed E-state index contributed by atoms with van der Waals surface area (Å²) in [7, 11) is 0. The molecule has 0 aromatic heterocycles. The van der Waals surface area contributed by atoms with Crippen molar-refractivity contribution in [2.75, 3.05) is 18.0 Å². The van der Waals surface area contributed by atoms with E-state index in [0.29, 0.717) is 0 Å². The van der Waals surface area contributed by atoms with E-state index < -0.39 is 0 Å². The van der Waals surface area contributed by atoms with E-state index in [4.69, 9.17) is 0 Å². The molecule has 1 saturated heterocycles. The van der Waals surface area contributed by atoms with Crippen LogP contribution in [0.3, 0.4) is 0 Å². The molecule has 0 unspecified atom stereocenters. The number of hydrogen-bond acceptors (Lipinski definition) is 1. The lowest BCUT2D eigenvalue weighted by Crippen LogP contribution is -2.27. The van der Waals surface area contributed by atoms with Crippen molar-refractivity contribution in [3.05, 3.63) is 28.2 Å². The maximum atomic E-state index is 11.4. The van der Waals surface area contributed by atoms with E-state index in [1.807, 2.05) is 25.1 Å². The molecule has 3 nitrogen and oxygen atoms in total. The summed E-state index contributed by atoms with van der Waals surface area (Å²) in [6, 6.07) is 5.92. The molecule has 1 aromatic rings. The minimum absolute atomic E-state index is 0.00766. The molecule has 1 heterocycles. The number of rotatable bonds is 1. The van der Waals surface area contributed by atoms with Gasteiger partial charge in [-0.2, -0.15) is 0 Å². The van der Waals surface area contributed by atoms with Crippen molar-refractivity contribution >= 4 is 27.6 Å². The van der Waals surface area contributed by atoms with E-state index in [1.165, 1.54) is 0 Å². The zero-order chi connectivity index (χ0) is 10.1. The molecule has 0 saturated carbocycles. The van der Waals surface area contributed by atoms with E-state index in [-0.39, 0.29) is 6.03 Å². The van der Waals surface area contributed by atoms with Crippen molar-refractivity contribution in [1.82, 2.24) is 5.32 Å². The Hall–Kier alpha value is -1.03. The highest BCUT2D eigenvalue weighted by molar-refractivity contribution is 9.10. The number of hydrogen-bond donors (Lipinski definition) is 1. The fourth-order valence-electron chi connectivity index (χ4n) is 1.51. The molecule has 14 heavy (non-hydrogen) atoms. The van der Waals surface area contributed by atoms with Gasteiger partial charge in [0.15, 0.2) is 0 Å². The Morgan fingerprint density at radius 1 is 1.50 bits per heavy atom. The molecular weight excluding hydrogens is 244 g/mol. The molecule has 0 bridgehead atoms. The molecule has 0 radical (unpaired) electrons. The van der Waals surface area contributed by atoms with Gasteiger partial charge in [-0.15, -0.1) is 0 Å². The number of aryl methyl sites for hydroxylation is 1. The third-order valence-corrected chi connectivity index (χ3v) is 3.20. The van der Waals surface area contributed by atoms with Gasteiger partial charge in [-0.25, -0.2) is 4.79 Å². The minimum atomic E-state index is -0.00766. The molecule has 0 aliphatic carbocycles. The van der Waals surface area contributed by atoms with E-state index in [9.17, 15) is 4.79 Å². The largest absolute Gasteiger partial charge is 0.336 e. The Bertz CT molecular complexity index is 378. The van der Waals surface area contributed by atoms with Crippen molar-refractivity contribution in [3.63, 3.8) is 0 Å². The fourth-order valence-corrected chi connectivity index (χ4v) is 1.76. The lowest BCUT2D eigenvalue weighted by atomic mass is 10.2. The van der Waals surface area contributed by atoms with E-state index in [0.717, 1.165) is 28.8 Å². The Morgan fingerprint density at radius 2 is 2.29 bits per heavy atom. The monoisotopic (exact) mass is 254 g/mol. The van der Waals surface area contributed by atoms with Crippen LogP contribution in [0.1, 0.15) is 5.56 Å². The van der Waals surface area contributed by atoms with E-state index in [2.05, 4.69) is 21.2 Å². The number of benzene rings is 1. The van der Waals surface area contributed by atoms with Crippen LogP contribution in [-0.2, 0) is 0 Å². The SMILES string of the molecule is Cc1cc(N2CCNC2=O)ccc1Br. The number of nitrogens with zero attached hydrogens (tertiary/aromatic N) is 1. The predicted molar refractivity (Wildman–Crippen MR) is 59.6 cm³/mol. The van der Waals surface area contributed by atoms with Gasteiger partial charge in [-0.1, -0.05) is 15.9 Å². The predicted octanol–water partition coefficient (Wildman–Crippen LogP) is 2.29. The Kier molecular flexibility index (Phi) is 2.46. The Morgan fingerprint density at radius 3 is 2.86 bits per heavy atom. The third kappa shape index (κ3) is 1.62. The molecule has 4 heteroatoms. The third-order valence-electron chi connectivity index (χ3n) is 2.31. The lowest BCUT2D eigenvalue weighted by molar-refractivity contribution is 0.252. The maximum Gasteiger partial charge on any atom is 0.321 e. The van der Waals surface area contributed by atoms with Crippen LogP contribution in [0.25, 0.3) is 0 Å². The summed E-state index contributed by atoms with van der Waals surface area (Å²) in [6.45, 7) is 3.50. The number of carbonyl (C=O) groups is 1. The number of urea groups is 1. The molecule has 1 aliphatic rings. The van der Waals surface area contributed by atoms with Crippen molar-refractivity contribution < 1.29 is 4.79 Å². The minimum Gasteiger partial charge on any atom is -0.336 e. The molecule has 1 aromatic carbocycles. The van der Waals surface area contributed by atoms with Crippen molar-refractivity contribution in [1.29, 1.82) is 0 Å². The lowest BCUT2D eigenvalue weighted by Gasteiger charge is -2.15. The molecule has 0 atom stereocenters. The Labute approximate surface area is 91.2 Å². The van der Waals surface area contributed by atoms with Crippen LogP contribution in [0, 0.1) is 6.92 Å². The van der Waals surface area contributed by atoms with Gasteiger partial charge < -0.3 is 5.32 Å². The van der Waals surface area contributed by atoms with Crippen LogP contribution >= 0.6 is 15.9 Å². The van der Waals surface area contributed by atoms with Gasteiger partial charge >= 0.3 is 6.03 Å². The van der Waals surface area contributed by atoms with Crippen LogP contribution in [0.5, 0.6) is 0 Å². The summed E-state index contributed by atoms with van der Waals surface area (Å²) < 4.78 is 1.07. The summed E-state index contributed by atoms with van der Waals surface area (Å²) >= 11 is 3.43. The normalized spacial score (nSPS) is 15.9. The summed E-state index contributed by atoms with van der Waals surface area (Å²) in [6.07, 6.45) is 0. The van der Waals surface area contributed by atoms with E-state index >= 15 is 0 Å². The molecule has 74 valence electrons. The van der Waals surface area contributed by atoms with Gasteiger partial charge in [0.1, 0.15) is 0 Å². The molecule has 2 rings (SSSR count). The van der Waals surface area contributed by atoms with Gasteiger partial charge in [0, 0.05) is 23.2 Å². The summed E-state index contributed by atoms with van der Waals surface area (Å²) in [5.74, 6) is 0. The topological polar surface area (TPSA) is 32.3 Å². The fraction of sp³-hybridized carbons (Fsp3) is 0.300. The van der Waals surface area contributed by atoms with Gasteiger partial charge in [0.25, 0.3) is 0 Å². The molecular formula is C10H11BrN2O. The second-order valence-electron chi connectivity index (χ2n) is 3.32. The van der Waals surface area contributed by atoms with Crippen molar-refractivity contribution in [3.8, 4) is 0 Å². The Balaban J connectivity index is 2.32. The maximum absolute atomic E-state index is 11.4. The molecule has 1 N–H and O–H groups in total. The summed E-state index contributed by atoms with van der Waals surface area (Å²) in [5.41, 5.74) is 2.10. The number of nitrogens with one attached hydrogen (secondary N) is 1. The number of carbonyl (C=O) groups excluding carboxylic acids is 1. The standard InChI is InChI=1S/C10H11BrN2O/c1-7-6-8(2-3-9(7)11)13-5-4-12-10(13)14/h2-3,6H,4-5H2,1H3,(H,12,14). The number of halogens is 1. The van der Waals surface area contributed by atoms with Crippen LogP contribution in [0.2, 0.25) is 0 Å². The second-order valence-corrected chi connectivity index (χ2v) is 4.17. The molecule has 0 spiro atoms. The number of amides is 2. The molecule has 1 aliphatic heterocycles. The average Bonchev–Trinajstić information content (AvgIpc) is 2.57. The first kappa shape index (κ1) is 9.52. The van der Waals surface area contributed by atoms with Crippen molar-refractivity contribution in [2.24, 2.45) is 0 Å². The van der Waals surface area contributed by atoms with E-state index in [1.54, 1.807) is 4.90 Å². The van der Waals surface area contributed by atoms with Gasteiger partial charge in [-0.3, -0.25) is 4.90 Å². The van der Waals surface area contributed by atoms with Gasteiger partial charge in [0.2, 0.25) is 0 Å². The van der Waals surface area contributed by atoms with Gasteiger partial charge in [0.05, 0.1) is 0 Å². The quantitative estimate of drug-likeness (QED) is 0.820. The van der Waals surface area contributed by atoms with Crippen LogP contribution in [0.4, 0.5) is 10.5 Å². The second kappa shape index (κ2) is 3.61.